The molecule has 0 aliphatic rings. The first-order chi connectivity index (χ1) is 8.29. The number of aromatic amines is 1. The summed E-state index contributed by atoms with van der Waals surface area (Å²) in [6.07, 6.45) is 4.54. The molecule has 2 N–H and O–H groups in total. The van der Waals surface area contributed by atoms with E-state index in [1.54, 1.807) is 0 Å². The van der Waals surface area contributed by atoms with E-state index >= 15 is 0 Å². The summed E-state index contributed by atoms with van der Waals surface area (Å²) in [6, 6.07) is 0. The Balaban J connectivity index is 2.04. The highest BCUT2D eigenvalue weighted by molar-refractivity contribution is 6.00. The highest BCUT2D eigenvalue weighted by atomic mass is 16.2. The molecular weight excluding hydrogens is 222 g/mol. The molecular formula is C9H11N7O. The summed E-state index contributed by atoms with van der Waals surface area (Å²) < 4.78 is 0. The van der Waals surface area contributed by atoms with Gasteiger partial charge < -0.3 is 0 Å². The van der Waals surface area contributed by atoms with Gasteiger partial charge >= 0.3 is 0 Å². The van der Waals surface area contributed by atoms with Crippen LogP contribution < -0.4 is 5.32 Å². The maximum atomic E-state index is 11.7. The van der Waals surface area contributed by atoms with Crippen LogP contribution in [0.25, 0.3) is 0 Å². The maximum Gasteiger partial charge on any atom is 0.297 e. The molecule has 0 aliphatic heterocycles. The van der Waals surface area contributed by atoms with Gasteiger partial charge in [0.15, 0.2) is 0 Å². The number of H-pyrrole nitrogens is 1. The lowest BCUT2D eigenvalue weighted by Gasteiger charge is -1.97. The van der Waals surface area contributed by atoms with Crippen molar-refractivity contribution in [2.45, 2.75) is 19.8 Å². The van der Waals surface area contributed by atoms with E-state index in [1.807, 2.05) is 6.92 Å². The highest BCUT2D eigenvalue weighted by Crippen LogP contribution is 1.99. The third-order valence-corrected chi connectivity index (χ3v) is 1.93. The molecule has 17 heavy (non-hydrogen) atoms. The molecule has 0 bridgehead atoms. The van der Waals surface area contributed by atoms with Gasteiger partial charge in [-0.25, -0.2) is 9.97 Å². The fourth-order valence-corrected chi connectivity index (χ4v) is 1.21. The van der Waals surface area contributed by atoms with Gasteiger partial charge in [0.25, 0.3) is 5.91 Å². The molecule has 8 nitrogen and oxygen atoms in total. The molecule has 0 aliphatic carbocycles. The first kappa shape index (κ1) is 11.1. The number of aryl methyl sites for hydroxylation is 1. The van der Waals surface area contributed by atoms with Crippen LogP contribution in [0.15, 0.2) is 12.4 Å². The largest absolute Gasteiger partial charge is 0.297 e. The topological polar surface area (TPSA) is 109 Å². The van der Waals surface area contributed by atoms with E-state index in [0.29, 0.717) is 5.82 Å². The Kier molecular flexibility index (Phi) is 3.34. The second-order valence-electron chi connectivity index (χ2n) is 3.28. The normalized spacial score (nSPS) is 10.2. The number of aromatic nitrogens is 6. The molecule has 2 aromatic rings. The molecule has 2 heterocycles. The number of carbonyl (C=O) groups excluding carboxylic acids is 1. The Labute approximate surface area is 96.9 Å². The quantitative estimate of drug-likeness (QED) is 0.780. The molecule has 88 valence electrons. The van der Waals surface area contributed by atoms with E-state index in [1.165, 1.54) is 12.4 Å². The average molecular weight is 233 g/mol. The molecule has 1 amide bonds. The van der Waals surface area contributed by atoms with E-state index in [0.717, 1.165) is 12.8 Å². The number of anilines is 1. The summed E-state index contributed by atoms with van der Waals surface area (Å²) >= 11 is 0. The van der Waals surface area contributed by atoms with Crippen molar-refractivity contribution >= 4 is 11.9 Å². The number of hydrogen-bond acceptors (Lipinski definition) is 6. The number of nitrogens with one attached hydrogen (secondary N) is 2. The van der Waals surface area contributed by atoms with Gasteiger partial charge in [-0.05, 0) is 6.42 Å². The molecule has 8 heteroatoms. The second-order valence-corrected chi connectivity index (χ2v) is 3.28. The Hall–Kier alpha value is -2.38. The van der Waals surface area contributed by atoms with Crippen molar-refractivity contribution in [3.63, 3.8) is 0 Å². The standard InChI is InChI=1S/C9H11N7O/c1-2-3-6-12-7(15-14-6)8(17)13-9-10-4-5-11-16-9/h4-5H,2-3H2,1H3,(H,12,14,15)(H,10,13,16,17). The Morgan fingerprint density at radius 1 is 1.47 bits per heavy atom. The van der Waals surface area contributed by atoms with Crippen molar-refractivity contribution in [2.24, 2.45) is 0 Å². The van der Waals surface area contributed by atoms with Gasteiger partial charge in [-0.3, -0.25) is 15.2 Å². The van der Waals surface area contributed by atoms with Crippen LogP contribution in [0.1, 0.15) is 29.8 Å². The Morgan fingerprint density at radius 2 is 2.35 bits per heavy atom. The average Bonchev–Trinajstić information content (AvgIpc) is 2.79. The van der Waals surface area contributed by atoms with E-state index in [-0.39, 0.29) is 11.8 Å². The zero-order valence-corrected chi connectivity index (χ0v) is 9.21. The van der Waals surface area contributed by atoms with Crippen LogP contribution in [0, 0.1) is 0 Å². The van der Waals surface area contributed by atoms with Gasteiger partial charge in [0, 0.05) is 6.42 Å². The van der Waals surface area contributed by atoms with Crippen LogP contribution in [-0.2, 0) is 6.42 Å². The lowest BCUT2D eigenvalue weighted by Crippen LogP contribution is -2.16. The van der Waals surface area contributed by atoms with Crippen molar-refractivity contribution in [1.29, 1.82) is 0 Å². The van der Waals surface area contributed by atoms with E-state index in [2.05, 4.69) is 35.7 Å². The third-order valence-electron chi connectivity index (χ3n) is 1.93. The monoisotopic (exact) mass is 233 g/mol. The predicted octanol–water partition coefficient (Wildman–Crippen LogP) is 0.194. The summed E-state index contributed by atoms with van der Waals surface area (Å²) in [5.74, 6) is 0.418. The fraction of sp³-hybridized carbons (Fsp3) is 0.333. The van der Waals surface area contributed by atoms with Crippen molar-refractivity contribution in [1.82, 2.24) is 30.4 Å². The third kappa shape index (κ3) is 2.80. The van der Waals surface area contributed by atoms with Crippen LogP contribution in [0.2, 0.25) is 0 Å². The van der Waals surface area contributed by atoms with Crippen LogP contribution in [-0.4, -0.2) is 36.3 Å². The molecule has 2 aromatic heterocycles. The molecule has 2 rings (SSSR count). The Morgan fingerprint density at radius 3 is 3.06 bits per heavy atom. The number of amides is 1. The number of carbonyl (C=O) groups is 1. The van der Waals surface area contributed by atoms with E-state index < -0.39 is 5.91 Å². The smallest absolute Gasteiger partial charge is 0.286 e. The fourth-order valence-electron chi connectivity index (χ4n) is 1.21. The van der Waals surface area contributed by atoms with Crippen molar-refractivity contribution in [3.8, 4) is 0 Å². The minimum Gasteiger partial charge on any atom is -0.286 e. The van der Waals surface area contributed by atoms with Gasteiger partial charge in [-0.2, -0.15) is 5.10 Å². The van der Waals surface area contributed by atoms with Gasteiger partial charge in [0.2, 0.25) is 11.8 Å². The lowest BCUT2D eigenvalue weighted by molar-refractivity contribution is 0.101. The Bertz CT molecular complexity index is 495. The molecule has 0 unspecified atom stereocenters. The molecule has 0 spiro atoms. The van der Waals surface area contributed by atoms with E-state index in [4.69, 9.17) is 0 Å². The molecule has 0 fully saturated rings. The van der Waals surface area contributed by atoms with Crippen molar-refractivity contribution in [2.75, 3.05) is 5.32 Å². The first-order valence-corrected chi connectivity index (χ1v) is 5.16. The van der Waals surface area contributed by atoms with Gasteiger partial charge in [-0.1, -0.05) is 6.92 Å². The molecule has 0 radical (unpaired) electrons. The van der Waals surface area contributed by atoms with Crippen LogP contribution in [0.4, 0.5) is 5.95 Å². The second kappa shape index (κ2) is 5.10. The zero-order valence-electron chi connectivity index (χ0n) is 9.21. The first-order valence-electron chi connectivity index (χ1n) is 5.16. The SMILES string of the molecule is CCCc1nc(C(=O)Nc2nccnn2)n[nH]1. The number of rotatable bonds is 4. The highest BCUT2D eigenvalue weighted by Gasteiger charge is 2.13. The minimum atomic E-state index is -0.461. The minimum absolute atomic E-state index is 0.0703. The molecule has 0 saturated heterocycles. The maximum absolute atomic E-state index is 11.7. The van der Waals surface area contributed by atoms with Gasteiger partial charge in [-0.15, -0.1) is 10.2 Å². The predicted molar refractivity (Wildman–Crippen MR) is 58.2 cm³/mol. The molecule has 0 saturated carbocycles. The molecule has 0 aromatic carbocycles. The van der Waals surface area contributed by atoms with Crippen LogP contribution in [0.5, 0.6) is 0 Å². The molecule has 0 atom stereocenters. The summed E-state index contributed by atoms with van der Waals surface area (Å²) in [6.45, 7) is 2.02. The van der Waals surface area contributed by atoms with Crippen molar-refractivity contribution < 1.29 is 4.79 Å². The lowest BCUT2D eigenvalue weighted by atomic mass is 10.3. The summed E-state index contributed by atoms with van der Waals surface area (Å²) in [7, 11) is 0. The van der Waals surface area contributed by atoms with Gasteiger partial charge in [0.05, 0.1) is 12.4 Å². The van der Waals surface area contributed by atoms with Crippen LogP contribution >= 0.6 is 0 Å². The number of hydrogen-bond donors (Lipinski definition) is 2. The summed E-state index contributed by atoms with van der Waals surface area (Å²) in [5.41, 5.74) is 0. The van der Waals surface area contributed by atoms with Crippen molar-refractivity contribution in [3.05, 3.63) is 24.0 Å². The number of nitrogens with zero attached hydrogens (tertiary/aromatic N) is 5. The van der Waals surface area contributed by atoms with E-state index in [9.17, 15) is 4.79 Å². The zero-order chi connectivity index (χ0) is 12.1. The summed E-state index contributed by atoms with van der Waals surface area (Å²) in [4.78, 5) is 19.5. The van der Waals surface area contributed by atoms with Gasteiger partial charge in [0.1, 0.15) is 5.82 Å². The summed E-state index contributed by atoms with van der Waals surface area (Å²) in [5, 5.41) is 16.2. The van der Waals surface area contributed by atoms with Crippen LogP contribution in [0.3, 0.4) is 0 Å².